The minimum Gasteiger partial charge on any atom is -0.478 e. The van der Waals surface area contributed by atoms with Crippen LogP contribution in [0.25, 0.3) is 5.70 Å². The van der Waals surface area contributed by atoms with E-state index in [1.165, 1.54) is 49.4 Å². The van der Waals surface area contributed by atoms with Gasteiger partial charge in [0.15, 0.2) is 0 Å². The Hall–Kier alpha value is -2.55. The molecule has 1 heterocycles. The predicted molar refractivity (Wildman–Crippen MR) is 104 cm³/mol. The lowest BCUT2D eigenvalue weighted by Crippen LogP contribution is -2.52. The molecule has 2 amide bonds. The Balaban J connectivity index is 2.38. The highest BCUT2D eigenvalue weighted by atomic mass is 35.5. The van der Waals surface area contributed by atoms with Crippen molar-refractivity contribution in [2.24, 2.45) is 0 Å². The van der Waals surface area contributed by atoms with Crippen LogP contribution >= 0.6 is 23.2 Å². The number of urea groups is 1. The van der Waals surface area contributed by atoms with Crippen molar-refractivity contribution < 1.29 is 23.1 Å². The average Bonchev–Trinajstić information content (AvgIpc) is 2.63. The number of rotatable bonds is 4. The van der Waals surface area contributed by atoms with E-state index in [1.807, 2.05) is 0 Å². The Morgan fingerprint density at radius 1 is 1.11 bits per heavy atom. The number of carboxylic acid groups (broad SMARTS) is 1. The highest BCUT2D eigenvalue weighted by molar-refractivity contribution is 7.90. The molecule has 1 aliphatic rings. The molecule has 146 valence electrons. The summed E-state index contributed by atoms with van der Waals surface area (Å²) in [5.41, 5.74) is -0.656. The third kappa shape index (κ3) is 3.34. The van der Waals surface area contributed by atoms with Gasteiger partial charge in [-0.15, -0.1) is 0 Å². The number of nitrogens with one attached hydrogen (secondary N) is 1. The first kappa shape index (κ1) is 20.2. The number of sulfonamides is 1. The van der Waals surface area contributed by atoms with E-state index in [0.29, 0.717) is 4.31 Å². The molecule has 1 atom stereocenters. The van der Waals surface area contributed by atoms with E-state index in [2.05, 4.69) is 5.32 Å². The zero-order valence-corrected chi connectivity index (χ0v) is 16.7. The fraction of sp³-hybridized carbons (Fsp3) is 0.111. The van der Waals surface area contributed by atoms with E-state index in [0.717, 1.165) is 0 Å². The first-order chi connectivity index (χ1) is 13.2. The lowest BCUT2D eigenvalue weighted by atomic mass is 9.99. The summed E-state index contributed by atoms with van der Waals surface area (Å²) in [6.45, 7) is 1.44. The fourth-order valence-corrected chi connectivity index (χ4v) is 4.70. The van der Waals surface area contributed by atoms with E-state index < -0.39 is 28.1 Å². The maximum absolute atomic E-state index is 13.2. The summed E-state index contributed by atoms with van der Waals surface area (Å²) in [6, 6.07) is 9.62. The number of halogens is 2. The number of aliphatic carboxylic acids is 1. The van der Waals surface area contributed by atoms with Crippen molar-refractivity contribution >= 4 is 50.9 Å². The second-order valence-electron chi connectivity index (χ2n) is 5.92. The number of nitrogens with zero attached hydrogens (tertiary/aromatic N) is 1. The van der Waals surface area contributed by atoms with Gasteiger partial charge in [0.25, 0.3) is 10.0 Å². The molecule has 1 aliphatic heterocycles. The smallest absolute Gasteiger partial charge is 0.336 e. The minimum absolute atomic E-state index is 0.0211. The van der Waals surface area contributed by atoms with Gasteiger partial charge in [-0.25, -0.2) is 18.0 Å². The van der Waals surface area contributed by atoms with Crippen LogP contribution in [0.3, 0.4) is 0 Å². The number of carboxylic acids is 1. The second-order valence-corrected chi connectivity index (χ2v) is 8.49. The van der Waals surface area contributed by atoms with Gasteiger partial charge in [0.05, 0.1) is 32.3 Å². The van der Waals surface area contributed by atoms with E-state index in [-0.39, 0.29) is 31.8 Å². The zero-order chi connectivity index (χ0) is 20.6. The van der Waals surface area contributed by atoms with Crippen LogP contribution in [0.4, 0.5) is 4.79 Å². The third-order valence-electron chi connectivity index (χ3n) is 4.13. The molecule has 2 aromatic carbocycles. The molecule has 2 N–H and O–H groups in total. The summed E-state index contributed by atoms with van der Waals surface area (Å²) in [7, 11) is -4.43. The van der Waals surface area contributed by atoms with Gasteiger partial charge in [-0.3, -0.25) is 0 Å². The van der Waals surface area contributed by atoms with Crippen LogP contribution < -0.4 is 5.32 Å². The molecular weight excluding hydrogens is 427 g/mol. The summed E-state index contributed by atoms with van der Waals surface area (Å²) in [5.74, 6) is -1.40. The monoisotopic (exact) mass is 440 g/mol. The molecule has 1 unspecified atom stereocenters. The highest BCUT2D eigenvalue weighted by Gasteiger charge is 2.43. The SMILES string of the molecule is CC1NC(=O)N(S(=O)(=O)c2ccccc2)C(c2cccc(Cl)c2Cl)=C1C(=O)O. The Labute approximate surface area is 171 Å². The summed E-state index contributed by atoms with van der Waals surface area (Å²) in [5, 5.41) is 12.1. The number of benzene rings is 2. The molecule has 0 bridgehead atoms. The van der Waals surface area contributed by atoms with Crippen LogP contribution in [0.15, 0.2) is 59.0 Å². The fourth-order valence-electron chi connectivity index (χ4n) is 2.89. The van der Waals surface area contributed by atoms with E-state index in [9.17, 15) is 23.1 Å². The number of amides is 2. The molecule has 7 nitrogen and oxygen atoms in total. The van der Waals surface area contributed by atoms with Crippen molar-refractivity contribution in [2.45, 2.75) is 17.9 Å². The highest BCUT2D eigenvalue weighted by Crippen LogP contribution is 2.39. The van der Waals surface area contributed by atoms with Crippen LogP contribution in [0.2, 0.25) is 10.0 Å². The van der Waals surface area contributed by atoms with Crippen molar-refractivity contribution in [3.8, 4) is 0 Å². The second kappa shape index (κ2) is 7.46. The molecule has 0 spiro atoms. The molecule has 3 rings (SSSR count). The Morgan fingerprint density at radius 3 is 2.36 bits per heavy atom. The van der Waals surface area contributed by atoms with Crippen molar-refractivity contribution in [3.63, 3.8) is 0 Å². The van der Waals surface area contributed by atoms with Crippen LogP contribution in [0, 0.1) is 0 Å². The van der Waals surface area contributed by atoms with Crippen molar-refractivity contribution in [1.29, 1.82) is 0 Å². The van der Waals surface area contributed by atoms with Crippen molar-refractivity contribution in [2.75, 3.05) is 0 Å². The Kier molecular flexibility index (Phi) is 5.38. The Bertz CT molecular complexity index is 1100. The van der Waals surface area contributed by atoms with Crippen LogP contribution in [0.5, 0.6) is 0 Å². The van der Waals surface area contributed by atoms with Gasteiger partial charge in [-0.1, -0.05) is 53.5 Å². The van der Waals surface area contributed by atoms with Gasteiger partial charge in [-0.2, -0.15) is 4.31 Å². The molecule has 10 heteroatoms. The third-order valence-corrected chi connectivity index (χ3v) is 6.65. The largest absolute Gasteiger partial charge is 0.478 e. The van der Waals surface area contributed by atoms with Crippen LogP contribution in [-0.2, 0) is 14.8 Å². The lowest BCUT2D eigenvalue weighted by molar-refractivity contribution is -0.132. The number of hydrogen-bond acceptors (Lipinski definition) is 4. The molecule has 0 aliphatic carbocycles. The number of carbonyl (C=O) groups is 2. The number of hydrogen-bond donors (Lipinski definition) is 2. The van der Waals surface area contributed by atoms with Gasteiger partial charge in [0.2, 0.25) is 0 Å². The van der Waals surface area contributed by atoms with Crippen molar-refractivity contribution in [1.82, 2.24) is 9.62 Å². The standard InChI is InChI=1S/C18H14Cl2N2O5S/c1-10-14(17(23)24)16(12-8-5-9-13(19)15(12)20)22(18(25)21-10)28(26,27)11-6-3-2-4-7-11/h2-10H,1H3,(H,21,25)(H,23,24). The molecule has 0 saturated carbocycles. The summed E-state index contributed by atoms with van der Waals surface area (Å²) in [4.78, 5) is 24.5. The topological polar surface area (TPSA) is 104 Å². The van der Waals surface area contributed by atoms with Gasteiger partial charge in [0.1, 0.15) is 0 Å². The van der Waals surface area contributed by atoms with Crippen LogP contribution in [0.1, 0.15) is 12.5 Å². The molecule has 0 fully saturated rings. The zero-order valence-electron chi connectivity index (χ0n) is 14.4. The van der Waals surface area contributed by atoms with Gasteiger partial charge >= 0.3 is 12.0 Å². The Morgan fingerprint density at radius 2 is 1.75 bits per heavy atom. The van der Waals surface area contributed by atoms with E-state index >= 15 is 0 Å². The average molecular weight is 441 g/mol. The quantitative estimate of drug-likeness (QED) is 0.755. The van der Waals surface area contributed by atoms with E-state index in [4.69, 9.17) is 23.2 Å². The van der Waals surface area contributed by atoms with Gasteiger partial charge in [0, 0.05) is 5.56 Å². The number of carbonyl (C=O) groups excluding carboxylic acids is 1. The molecule has 2 aromatic rings. The summed E-state index contributed by atoms with van der Waals surface area (Å²) in [6.07, 6.45) is 0. The minimum atomic E-state index is -4.43. The first-order valence-electron chi connectivity index (χ1n) is 7.99. The van der Waals surface area contributed by atoms with Gasteiger partial charge in [-0.05, 0) is 25.1 Å². The normalized spacial score (nSPS) is 17.5. The van der Waals surface area contributed by atoms with E-state index in [1.54, 1.807) is 6.07 Å². The molecule has 28 heavy (non-hydrogen) atoms. The molecule has 0 aromatic heterocycles. The first-order valence-corrected chi connectivity index (χ1v) is 10.2. The molecular formula is C18H14Cl2N2O5S. The summed E-state index contributed by atoms with van der Waals surface area (Å²) < 4.78 is 26.8. The van der Waals surface area contributed by atoms with Crippen LogP contribution in [-0.4, -0.2) is 35.9 Å². The van der Waals surface area contributed by atoms with Gasteiger partial charge < -0.3 is 10.4 Å². The molecule has 0 saturated heterocycles. The summed E-state index contributed by atoms with van der Waals surface area (Å²) >= 11 is 12.3. The predicted octanol–water partition coefficient (Wildman–Crippen LogP) is 3.59. The van der Waals surface area contributed by atoms with Crippen molar-refractivity contribution in [3.05, 3.63) is 69.7 Å². The lowest BCUT2D eigenvalue weighted by Gasteiger charge is -2.34. The maximum atomic E-state index is 13.2. The molecule has 0 radical (unpaired) electrons. The maximum Gasteiger partial charge on any atom is 0.336 e.